The van der Waals surface area contributed by atoms with E-state index < -0.39 is 11.4 Å². The van der Waals surface area contributed by atoms with Gasteiger partial charge in [-0.2, -0.15) is 0 Å². The van der Waals surface area contributed by atoms with Crippen LogP contribution in [0.2, 0.25) is 0 Å². The van der Waals surface area contributed by atoms with E-state index in [1.165, 1.54) is 0 Å². The van der Waals surface area contributed by atoms with Crippen molar-refractivity contribution in [3.63, 3.8) is 0 Å². The number of nitrogens with one attached hydrogen (secondary N) is 1. The summed E-state index contributed by atoms with van der Waals surface area (Å²) in [5.74, 6) is -1.10. The van der Waals surface area contributed by atoms with Crippen molar-refractivity contribution in [1.29, 1.82) is 0 Å². The highest BCUT2D eigenvalue weighted by atomic mass is 16.4. The Bertz CT molecular complexity index is 1600. The zero-order valence-corrected chi connectivity index (χ0v) is 20.3. The molecule has 2 saturated carbocycles. The van der Waals surface area contributed by atoms with E-state index >= 15 is 0 Å². The number of carbonyl (C=O) groups is 2. The molecule has 2 aliphatic rings. The van der Waals surface area contributed by atoms with Gasteiger partial charge in [0.25, 0.3) is 5.91 Å². The number of rotatable bonds is 7. The smallest absolute Gasteiger partial charge is 0.309 e. The fourth-order valence-electron chi connectivity index (χ4n) is 5.22. The van der Waals surface area contributed by atoms with Gasteiger partial charge in [0.2, 0.25) is 5.43 Å². The first-order valence-electron chi connectivity index (χ1n) is 12.7. The number of carbonyl (C=O) groups excluding carboxylic acids is 1. The molecule has 0 atom stereocenters. The third-order valence-electron chi connectivity index (χ3n) is 7.67. The Morgan fingerprint density at radius 3 is 2.59 bits per heavy atom. The zero-order chi connectivity index (χ0) is 25.6. The maximum absolute atomic E-state index is 13.1. The van der Waals surface area contributed by atoms with E-state index in [0.717, 1.165) is 41.6 Å². The maximum Gasteiger partial charge on any atom is 0.309 e. The highest BCUT2D eigenvalue weighted by Gasteiger charge is 2.44. The molecule has 0 radical (unpaired) electrons. The molecule has 186 valence electrons. The van der Waals surface area contributed by atoms with Gasteiger partial charge in [-0.3, -0.25) is 14.4 Å². The van der Waals surface area contributed by atoms with E-state index in [1.807, 2.05) is 48.5 Å². The Kier molecular flexibility index (Phi) is 5.63. The van der Waals surface area contributed by atoms with E-state index in [9.17, 15) is 19.5 Å². The van der Waals surface area contributed by atoms with Crippen LogP contribution < -0.4 is 10.7 Å². The fraction of sp³-hybridized carbons (Fsp3) is 0.267. The minimum atomic E-state index is -0.731. The number of hydrogen-bond donors (Lipinski definition) is 2. The normalized spacial score (nSPS) is 16.2. The Hall–Kier alpha value is -4.26. The molecule has 0 saturated heterocycles. The first kappa shape index (κ1) is 23.2. The number of fused-ring (bicyclic) bond motifs is 1. The minimum Gasteiger partial charge on any atom is -0.481 e. The second-order valence-corrected chi connectivity index (χ2v) is 10.2. The predicted molar refractivity (Wildman–Crippen MR) is 141 cm³/mol. The summed E-state index contributed by atoms with van der Waals surface area (Å²) in [6, 6.07) is 19.3. The quantitative estimate of drug-likeness (QED) is 0.387. The van der Waals surface area contributed by atoms with Gasteiger partial charge in [0.15, 0.2) is 0 Å². The second-order valence-electron chi connectivity index (χ2n) is 10.2. The summed E-state index contributed by atoms with van der Waals surface area (Å²) in [4.78, 5) is 42.6. The van der Waals surface area contributed by atoms with Crippen molar-refractivity contribution in [3.8, 4) is 16.8 Å². The standard InChI is InChI=1S/C30H27N3O4/c34-26-24-10-4-15-31-27(24)33(18-25(26)28(35)32-21-11-12-21)22-8-3-7-19(16-22)23-9-2-1-6-20(23)17-30(29(36)37)13-5-14-30/h1-4,6-10,15-16,18,21H,5,11-14,17H2,(H,32,35)(H,36,37). The molecule has 1 amide bonds. The summed E-state index contributed by atoms with van der Waals surface area (Å²) >= 11 is 0. The van der Waals surface area contributed by atoms with Crippen LogP contribution in [0.5, 0.6) is 0 Å². The van der Waals surface area contributed by atoms with Gasteiger partial charge >= 0.3 is 5.97 Å². The summed E-state index contributed by atoms with van der Waals surface area (Å²) in [7, 11) is 0. The number of aromatic nitrogens is 2. The molecule has 0 bridgehead atoms. The Balaban J connectivity index is 1.45. The number of amides is 1. The van der Waals surface area contributed by atoms with E-state index in [4.69, 9.17) is 0 Å². The highest BCUT2D eigenvalue weighted by Crippen LogP contribution is 2.45. The van der Waals surface area contributed by atoms with Gasteiger partial charge in [-0.1, -0.05) is 42.8 Å². The lowest BCUT2D eigenvalue weighted by atomic mass is 9.65. The van der Waals surface area contributed by atoms with E-state index in [2.05, 4.69) is 10.3 Å². The van der Waals surface area contributed by atoms with Crippen LogP contribution in [0.4, 0.5) is 0 Å². The zero-order valence-electron chi connectivity index (χ0n) is 20.3. The lowest BCUT2D eigenvalue weighted by molar-refractivity contribution is -0.154. The van der Waals surface area contributed by atoms with Crippen molar-refractivity contribution >= 4 is 22.9 Å². The first-order valence-corrected chi connectivity index (χ1v) is 12.7. The van der Waals surface area contributed by atoms with Gasteiger partial charge in [-0.25, -0.2) is 4.98 Å². The van der Waals surface area contributed by atoms with E-state index in [1.54, 1.807) is 29.1 Å². The molecule has 0 unspecified atom stereocenters. The number of carboxylic acid groups (broad SMARTS) is 1. The van der Waals surface area contributed by atoms with Crippen molar-refractivity contribution in [2.45, 2.75) is 44.6 Å². The highest BCUT2D eigenvalue weighted by molar-refractivity contribution is 5.97. The molecule has 2 aromatic heterocycles. The van der Waals surface area contributed by atoms with Gasteiger partial charge < -0.3 is 15.0 Å². The van der Waals surface area contributed by atoms with Crippen LogP contribution >= 0.6 is 0 Å². The number of hydrogen-bond acceptors (Lipinski definition) is 4. The molecule has 2 fully saturated rings. The summed E-state index contributed by atoms with van der Waals surface area (Å²) < 4.78 is 1.79. The summed E-state index contributed by atoms with van der Waals surface area (Å²) in [5.41, 5.74) is 3.19. The topological polar surface area (TPSA) is 101 Å². The molecule has 4 aromatic rings. The molecular weight excluding hydrogens is 466 g/mol. The largest absolute Gasteiger partial charge is 0.481 e. The summed E-state index contributed by atoms with van der Waals surface area (Å²) in [6.07, 6.45) is 7.87. The minimum absolute atomic E-state index is 0.0894. The first-order chi connectivity index (χ1) is 17.9. The molecule has 2 heterocycles. The molecule has 2 aliphatic carbocycles. The predicted octanol–water partition coefficient (Wildman–Crippen LogP) is 4.74. The summed E-state index contributed by atoms with van der Waals surface area (Å²) in [6.45, 7) is 0. The molecule has 37 heavy (non-hydrogen) atoms. The van der Waals surface area contributed by atoms with Gasteiger partial charge in [0.1, 0.15) is 11.2 Å². The van der Waals surface area contributed by atoms with Crippen LogP contribution in [-0.4, -0.2) is 32.6 Å². The van der Waals surface area contributed by atoms with Crippen LogP contribution in [-0.2, 0) is 11.2 Å². The Morgan fingerprint density at radius 2 is 1.86 bits per heavy atom. The van der Waals surface area contributed by atoms with Gasteiger partial charge in [0.05, 0.1) is 10.8 Å². The number of nitrogens with zero attached hydrogens (tertiary/aromatic N) is 2. The number of carboxylic acids is 1. The monoisotopic (exact) mass is 493 g/mol. The third-order valence-corrected chi connectivity index (χ3v) is 7.67. The van der Waals surface area contributed by atoms with Crippen molar-refractivity contribution in [2.75, 3.05) is 0 Å². The van der Waals surface area contributed by atoms with Crippen molar-refractivity contribution < 1.29 is 14.7 Å². The SMILES string of the molecule is O=C(NC1CC1)c1cn(-c2cccc(-c3ccccc3CC3(C(=O)O)CCC3)c2)c2ncccc2c1=O. The lowest BCUT2D eigenvalue weighted by Crippen LogP contribution is -2.40. The van der Waals surface area contributed by atoms with Crippen LogP contribution in [0.25, 0.3) is 27.8 Å². The number of aliphatic carboxylic acids is 1. The lowest BCUT2D eigenvalue weighted by Gasteiger charge is -2.38. The summed E-state index contributed by atoms with van der Waals surface area (Å²) in [5, 5.41) is 13.2. The van der Waals surface area contributed by atoms with Crippen molar-refractivity contribution in [1.82, 2.24) is 14.9 Å². The average molecular weight is 494 g/mol. The molecule has 0 spiro atoms. The van der Waals surface area contributed by atoms with Crippen LogP contribution in [0, 0.1) is 5.41 Å². The molecule has 7 heteroatoms. The number of pyridine rings is 2. The van der Waals surface area contributed by atoms with Gasteiger partial charge in [0, 0.05) is 24.1 Å². The molecule has 7 nitrogen and oxygen atoms in total. The average Bonchev–Trinajstić information content (AvgIpc) is 3.70. The van der Waals surface area contributed by atoms with E-state index in [-0.39, 0.29) is 22.9 Å². The molecule has 2 aromatic carbocycles. The Labute approximate surface area is 213 Å². The molecule has 2 N–H and O–H groups in total. The second kappa shape index (κ2) is 9.00. The van der Waals surface area contributed by atoms with Crippen LogP contribution in [0.1, 0.15) is 48.0 Å². The maximum atomic E-state index is 13.1. The molecule has 0 aliphatic heterocycles. The van der Waals surface area contributed by atoms with Crippen molar-refractivity contribution in [3.05, 3.63) is 94.4 Å². The van der Waals surface area contributed by atoms with Crippen molar-refractivity contribution in [2.24, 2.45) is 5.41 Å². The van der Waals surface area contributed by atoms with E-state index in [0.29, 0.717) is 30.3 Å². The number of benzene rings is 2. The molecule has 6 rings (SSSR count). The fourth-order valence-corrected chi connectivity index (χ4v) is 5.22. The Morgan fingerprint density at radius 1 is 1.05 bits per heavy atom. The van der Waals surface area contributed by atoms with Crippen LogP contribution in [0.3, 0.4) is 0 Å². The molecular formula is C30H27N3O4. The van der Waals surface area contributed by atoms with Crippen LogP contribution in [0.15, 0.2) is 77.9 Å². The third kappa shape index (κ3) is 4.20. The van der Waals surface area contributed by atoms with Gasteiger partial charge in [-0.15, -0.1) is 0 Å². The van der Waals surface area contributed by atoms with Gasteiger partial charge in [-0.05, 0) is 73.1 Å².